The van der Waals surface area contributed by atoms with Gasteiger partial charge in [0.15, 0.2) is 0 Å². The molecule has 1 aromatic rings. The first-order chi connectivity index (χ1) is 9.56. The summed E-state index contributed by atoms with van der Waals surface area (Å²) in [5.74, 6) is 0. The van der Waals surface area contributed by atoms with Crippen molar-refractivity contribution in [2.75, 3.05) is 14.1 Å². The molecule has 20 heavy (non-hydrogen) atoms. The summed E-state index contributed by atoms with van der Waals surface area (Å²) >= 11 is 0. The molecule has 0 saturated carbocycles. The van der Waals surface area contributed by atoms with E-state index in [1.54, 1.807) is 0 Å². The third kappa shape index (κ3) is 5.41. The zero-order valence-corrected chi connectivity index (χ0v) is 12.6. The van der Waals surface area contributed by atoms with Crippen molar-refractivity contribution < 1.29 is 4.79 Å². The number of hydrogen-bond acceptors (Lipinski definition) is 3. The van der Waals surface area contributed by atoms with Gasteiger partial charge in [-0.2, -0.15) is 0 Å². The maximum atomic E-state index is 11.0. The van der Waals surface area contributed by atoms with Gasteiger partial charge in [0, 0.05) is 12.7 Å². The standard InChI is InChI=1S/C17H24N2O/c1-5-19(13-16-9-7-6-8-10-16)12-15(2)11-17(14-20)18(3)4/h5-10,12,14,17H,1,11,13H2,2-4H3/b15-12+. The largest absolute Gasteiger partial charge is 0.351 e. The predicted molar refractivity (Wildman–Crippen MR) is 84.1 cm³/mol. The molecule has 0 aliphatic rings. The van der Waals surface area contributed by atoms with Crippen LogP contribution in [0.3, 0.4) is 0 Å². The number of aldehydes is 1. The molecule has 0 bridgehead atoms. The van der Waals surface area contributed by atoms with Crippen molar-refractivity contribution in [2.45, 2.75) is 25.9 Å². The smallest absolute Gasteiger partial charge is 0.137 e. The van der Waals surface area contributed by atoms with E-state index < -0.39 is 0 Å². The molecule has 0 heterocycles. The van der Waals surface area contributed by atoms with Crippen LogP contribution < -0.4 is 0 Å². The fourth-order valence-corrected chi connectivity index (χ4v) is 1.98. The highest BCUT2D eigenvalue weighted by Crippen LogP contribution is 2.11. The molecule has 0 aliphatic carbocycles. The van der Waals surface area contributed by atoms with Gasteiger partial charge in [-0.15, -0.1) is 0 Å². The summed E-state index contributed by atoms with van der Waals surface area (Å²) in [6, 6.07) is 10.2. The highest BCUT2D eigenvalue weighted by atomic mass is 16.1. The number of nitrogens with zero attached hydrogens (tertiary/aromatic N) is 2. The average Bonchev–Trinajstić information content (AvgIpc) is 2.44. The molecule has 1 atom stereocenters. The number of likely N-dealkylation sites (N-methyl/N-ethyl adjacent to an activating group) is 1. The van der Waals surface area contributed by atoms with E-state index in [4.69, 9.17) is 0 Å². The molecule has 0 aromatic heterocycles. The molecule has 0 spiro atoms. The van der Waals surface area contributed by atoms with Gasteiger partial charge in [0.1, 0.15) is 6.29 Å². The SMILES string of the molecule is C=CN(/C=C(\C)CC(C=O)N(C)C)Cc1ccccc1. The molecule has 0 aliphatic heterocycles. The topological polar surface area (TPSA) is 23.6 Å². The third-order valence-corrected chi connectivity index (χ3v) is 3.18. The highest BCUT2D eigenvalue weighted by Gasteiger charge is 2.10. The average molecular weight is 272 g/mol. The second kappa shape index (κ2) is 8.33. The highest BCUT2D eigenvalue weighted by molar-refractivity contribution is 5.58. The van der Waals surface area contributed by atoms with Crippen LogP contribution in [0.25, 0.3) is 0 Å². The van der Waals surface area contributed by atoms with Crippen LogP contribution in [0.5, 0.6) is 0 Å². The fraction of sp³-hybridized carbons (Fsp3) is 0.353. The first kappa shape index (κ1) is 16.2. The van der Waals surface area contributed by atoms with Gasteiger partial charge in [-0.3, -0.25) is 4.90 Å². The maximum absolute atomic E-state index is 11.0. The minimum atomic E-state index is -0.0744. The van der Waals surface area contributed by atoms with Crippen LogP contribution in [0.4, 0.5) is 0 Å². The van der Waals surface area contributed by atoms with Crippen molar-refractivity contribution in [3.8, 4) is 0 Å². The summed E-state index contributed by atoms with van der Waals surface area (Å²) in [5, 5.41) is 0. The summed E-state index contributed by atoms with van der Waals surface area (Å²) in [6.45, 7) is 6.68. The number of carbonyl (C=O) groups excluding carboxylic acids is 1. The summed E-state index contributed by atoms with van der Waals surface area (Å²) in [5.41, 5.74) is 2.39. The normalized spacial score (nSPS) is 13.1. The zero-order valence-electron chi connectivity index (χ0n) is 12.6. The molecular weight excluding hydrogens is 248 g/mol. The molecule has 0 saturated heterocycles. The van der Waals surface area contributed by atoms with Crippen molar-refractivity contribution in [3.63, 3.8) is 0 Å². The Morgan fingerprint density at radius 3 is 2.45 bits per heavy atom. The molecular formula is C17H24N2O. The lowest BCUT2D eigenvalue weighted by molar-refractivity contribution is -0.111. The first-order valence-corrected chi connectivity index (χ1v) is 6.78. The molecule has 1 unspecified atom stereocenters. The molecule has 0 N–H and O–H groups in total. The first-order valence-electron chi connectivity index (χ1n) is 6.78. The third-order valence-electron chi connectivity index (χ3n) is 3.18. The van der Waals surface area contributed by atoms with E-state index in [-0.39, 0.29) is 6.04 Å². The Morgan fingerprint density at radius 1 is 1.30 bits per heavy atom. The van der Waals surface area contributed by atoms with Crippen molar-refractivity contribution in [3.05, 3.63) is 60.4 Å². The summed E-state index contributed by atoms with van der Waals surface area (Å²) in [6.07, 6.45) is 5.59. The van der Waals surface area contributed by atoms with Crippen molar-refractivity contribution in [2.24, 2.45) is 0 Å². The Morgan fingerprint density at radius 2 is 1.95 bits per heavy atom. The maximum Gasteiger partial charge on any atom is 0.137 e. The minimum absolute atomic E-state index is 0.0744. The molecule has 0 fully saturated rings. The summed E-state index contributed by atoms with van der Waals surface area (Å²) < 4.78 is 0. The Bertz CT molecular complexity index is 451. The van der Waals surface area contributed by atoms with Crippen LogP contribution >= 0.6 is 0 Å². The van der Waals surface area contributed by atoms with E-state index in [2.05, 4.69) is 24.9 Å². The van der Waals surface area contributed by atoms with Crippen LogP contribution in [0.2, 0.25) is 0 Å². The Balaban J connectivity index is 2.68. The molecule has 0 radical (unpaired) electrons. The quantitative estimate of drug-likeness (QED) is 0.680. The second-order valence-electron chi connectivity index (χ2n) is 5.19. The van der Waals surface area contributed by atoms with E-state index in [1.807, 2.05) is 55.2 Å². The monoisotopic (exact) mass is 272 g/mol. The second-order valence-corrected chi connectivity index (χ2v) is 5.19. The molecule has 108 valence electrons. The van der Waals surface area contributed by atoms with Gasteiger partial charge in [0.05, 0.1) is 6.04 Å². The molecule has 3 nitrogen and oxygen atoms in total. The zero-order chi connectivity index (χ0) is 15.0. The van der Waals surface area contributed by atoms with E-state index in [0.29, 0.717) is 0 Å². The van der Waals surface area contributed by atoms with E-state index in [9.17, 15) is 4.79 Å². The summed E-state index contributed by atoms with van der Waals surface area (Å²) in [4.78, 5) is 15.0. The number of benzene rings is 1. The van der Waals surface area contributed by atoms with Crippen LogP contribution in [0.1, 0.15) is 18.9 Å². The van der Waals surface area contributed by atoms with Gasteiger partial charge in [-0.05, 0) is 39.2 Å². The van der Waals surface area contributed by atoms with Crippen LogP contribution in [0.15, 0.2) is 54.9 Å². The van der Waals surface area contributed by atoms with Crippen LogP contribution in [-0.4, -0.2) is 36.2 Å². The van der Waals surface area contributed by atoms with Crippen molar-refractivity contribution in [1.29, 1.82) is 0 Å². The van der Waals surface area contributed by atoms with Crippen molar-refractivity contribution in [1.82, 2.24) is 9.80 Å². The molecule has 1 rings (SSSR count). The Hall–Kier alpha value is -1.87. The lowest BCUT2D eigenvalue weighted by Crippen LogP contribution is -2.29. The van der Waals surface area contributed by atoms with Crippen molar-refractivity contribution >= 4 is 6.29 Å². The van der Waals surface area contributed by atoms with Gasteiger partial charge in [-0.25, -0.2) is 0 Å². The lowest BCUT2D eigenvalue weighted by atomic mass is 10.1. The van der Waals surface area contributed by atoms with E-state index >= 15 is 0 Å². The summed E-state index contributed by atoms with van der Waals surface area (Å²) in [7, 11) is 3.84. The van der Waals surface area contributed by atoms with Crippen LogP contribution in [0, 0.1) is 0 Å². The van der Waals surface area contributed by atoms with Gasteiger partial charge < -0.3 is 9.69 Å². The Kier molecular flexibility index (Phi) is 6.74. The van der Waals surface area contributed by atoms with E-state index in [1.165, 1.54) is 5.56 Å². The Labute approximate surface area is 122 Å². The number of rotatable bonds is 8. The fourth-order valence-electron chi connectivity index (χ4n) is 1.98. The lowest BCUT2D eigenvalue weighted by Gasteiger charge is -2.21. The number of hydrogen-bond donors (Lipinski definition) is 0. The van der Waals surface area contributed by atoms with Gasteiger partial charge in [0.25, 0.3) is 0 Å². The minimum Gasteiger partial charge on any atom is -0.351 e. The van der Waals surface area contributed by atoms with Gasteiger partial charge in [0.2, 0.25) is 0 Å². The van der Waals surface area contributed by atoms with Gasteiger partial charge in [-0.1, -0.05) is 42.5 Å². The molecule has 0 amide bonds. The molecule has 3 heteroatoms. The van der Waals surface area contributed by atoms with E-state index in [0.717, 1.165) is 24.8 Å². The predicted octanol–water partition coefficient (Wildman–Crippen LogP) is 3.06. The van der Waals surface area contributed by atoms with Crippen LogP contribution in [-0.2, 0) is 11.3 Å². The van der Waals surface area contributed by atoms with Gasteiger partial charge >= 0.3 is 0 Å². The number of carbonyl (C=O) groups is 1. The molecule has 1 aromatic carbocycles.